The highest BCUT2D eigenvalue weighted by atomic mass is 16.5. The molecule has 1 N–H and O–H groups in total. The third kappa shape index (κ3) is 4.46. The van der Waals surface area contributed by atoms with Crippen LogP contribution in [0, 0.1) is 0 Å². The van der Waals surface area contributed by atoms with Crippen LogP contribution in [0.25, 0.3) is 0 Å². The lowest BCUT2D eigenvalue weighted by Gasteiger charge is -2.32. The van der Waals surface area contributed by atoms with Crippen molar-refractivity contribution in [2.75, 3.05) is 19.7 Å². The molecule has 1 saturated heterocycles. The molecule has 4 heteroatoms. The lowest BCUT2D eigenvalue weighted by Crippen LogP contribution is -2.46. The third-order valence-electron chi connectivity index (χ3n) is 4.09. The standard InChI is InChI=1S/C17H25NO3/c1-13(2)14-6-8-15(9-7-14)21-12-11-18-10-4-3-5-16(18)17(19)20/h6-9,13,16H,3-5,10-12H2,1-2H3,(H,19,20). The fraction of sp³-hybridized carbons (Fsp3) is 0.588. The Morgan fingerprint density at radius 1 is 1.33 bits per heavy atom. The smallest absolute Gasteiger partial charge is 0.320 e. The van der Waals surface area contributed by atoms with Crippen LogP contribution < -0.4 is 4.74 Å². The van der Waals surface area contributed by atoms with Crippen LogP contribution in [0.15, 0.2) is 24.3 Å². The number of benzene rings is 1. The summed E-state index contributed by atoms with van der Waals surface area (Å²) >= 11 is 0. The molecule has 1 aliphatic heterocycles. The van der Waals surface area contributed by atoms with Crippen LogP contribution in [0.2, 0.25) is 0 Å². The van der Waals surface area contributed by atoms with Gasteiger partial charge in [-0.2, -0.15) is 0 Å². The summed E-state index contributed by atoms with van der Waals surface area (Å²) < 4.78 is 5.74. The monoisotopic (exact) mass is 291 g/mol. The number of ether oxygens (including phenoxy) is 1. The van der Waals surface area contributed by atoms with Crippen molar-refractivity contribution in [3.63, 3.8) is 0 Å². The van der Waals surface area contributed by atoms with Gasteiger partial charge in [0.1, 0.15) is 18.4 Å². The van der Waals surface area contributed by atoms with Gasteiger partial charge < -0.3 is 9.84 Å². The number of carboxylic acids is 1. The van der Waals surface area contributed by atoms with Gasteiger partial charge in [-0.3, -0.25) is 9.69 Å². The number of piperidine rings is 1. The number of carboxylic acid groups (broad SMARTS) is 1. The number of hydrogen-bond donors (Lipinski definition) is 1. The van der Waals surface area contributed by atoms with Crippen LogP contribution in [0.1, 0.15) is 44.6 Å². The number of aliphatic carboxylic acids is 1. The van der Waals surface area contributed by atoms with Crippen LogP contribution in [0.3, 0.4) is 0 Å². The molecule has 116 valence electrons. The fourth-order valence-corrected chi connectivity index (χ4v) is 2.77. The summed E-state index contributed by atoms with van der Waals surface area (Å²) in [6.07, 6.45) is 2.83. The van der Waals surface area contributed by atoms with Crippen molar-refractivity contribution < 1.29 is 14.6 Å². The maximum atomic E-state index is 11.2. The number of nitrogens with zero attached hydrogens (tertiary/aromatic N) is 1. The molecule has 0 radical (unpaired) electrons. The van der Waals surface area contributed by atoms with Crippen molar-refractivity contribution >= 4 is 5.97 Å². The molecule has 0 bridgehead atoms. The van der Waals surface area contributed by atoms with E-state index >= 15 is 0 Å². The molecule has 0 amide bonds. The summed E-state index contributed by atoms with van der Waals surface area (Å²) in [5, 5.41) is 9.23. The van der Waals surface area contributed by atoms with Crippen molar-refractivity contribution in [2.24, 2.45) is 0 Å². The molecule has 0 spiro atoms. The first-order valence-electron chi connectivity index (χ1n) is 7.77. The van der Waals surface area contributed by atoms with Crippen molar-refractivity contribution in [2.45, 2.75) is 45.1 Å². The predicted molar refractivity (Wildman–Crippen MR) is 82.9 cm³/mol. The van der Waals surface area contributed by atoms with Crippen LogP contribution in [-0.4, -0.2) is 41.7 Å². The van der Waals surface area contributed by atoms with Gasteiger partial charge in [0.2, 0.25) is 0 Å². The second-order valence-corrected chi connectivity index (χ2v) is 5.96. The maximum absolute atomic E-state index is 11.2. The van der Waals surface area contributed by atoms with Crippen molar-refractivity contribution in [3.8, 4) is 5.75 Å². The molecule has 2 rings (SSSR count). The molecule has 1 aromatic rings. The highest BCUT2D eigenvalue weighted by Crippen LogP contribution is 2.19. The summed E-state index contributed by atoms with van der Waals surface area (Å²) in [6, 6.07) is 7.80. The molecule has 1 heterocycles. The number of hydrogen-bond acceptors (Lipinski definition) is 3. The quantitative estimate of drug-likeness (QED) is 0.875. The van der Waals surface area contributed by atoms with Gasteiger partial charge in [0.15, 0.2) is 0 Å². The van der Waals surface area contributed by atoms with E-state index in [4.69, 9.17) is 4.74 Å². The number of carbonyl (C=O) groups is 1. The zero-order valence-electron chi connectivity index (χ0n) is 12.9. The Labute approximate surface area is 126 Å². The summed E-state index contributed by atoms with van der Waals surface area (Å²) in [7, 11) is 0. The van der Waals surface area contributed by atoms with Crippen molar-refractivity contribution in [1.82, 2.24) is 4.90 Å². The average Bonchev–Trinajstić information content (AvgIpc) is 2.48. The van der Waals surface area contributed by atoms with Crippen molar-refractivity contribution in [1.29, 1.82) is 0 Å². The molecule has 21 heavy (non-hydrogen) atoms. The van der Waals surface area contributed by atoms with E-state index in [-0.39, 0.29) is 6.04 Å². The van der Waals surface area contributed by atoms with E-state index in [0.717, 1.165) is 31.6 Å². The van der Waals surface area contributed by atoms with Gasteiger partial charge in [-0.25, -0.2) is 0 Å². The Bertz CT molecular complexity index is 456. The van der Waals surface area contributed by atoms with E-state index in [1.165, 1.54) is 5.56 Å². The Hall–Kier alpha value is -1.55. The minimum absolute atomic E-state index is 0.342. The topological polar surface area (TPSA) is 49.8 Å². The van der Waals surface area contributed by atoms with Crippen LogP contribution >= 0.6 is 0 Å². The summed E-state index contributed by atoms with van der Waals surface area (Å²) in [6.45, 7) is 6.39. The molecule has 0 aliphatic carbocycles. The molecular formula is C17H25NO3. The lowest BCUT2D eigenvalue weighted by atomic mass is 10.0. The van der Waals surface area contributed by atoms with E-state index in [1.54, 1.807) is 0 Å². The number of rotatable bonds is 6. The second kappa shape index (κ2) is 7.46. The Kier molecular flexibility index (Phi) is 5.62. The molecule has 0 aromatic heterocycles. The van der Waals surface area contributed by atoms with Crippen LogP contribution in [0.4, 0.5) is 0 Å². The van der Waals surface area contributed by atoms with Crippen LogP contribution in [0.5, 0.6) is 5.75 Å². The number of likely N-dealkylation sites (tertiary alicyclic amines) is 1. The summed E-state index contributed by atoms with van der Waals surface area (Å²) in [4.78, 5) is 13.2. The van der Waals surface area contributed by atoms with Gasteiger partial charge in [0, 0.05) is 6.54 Å². The van der Waals surface area contributed by atoms with Gasteiger partial charge >= 0.3 is 5.97 Å². The van der Waals surface area contributed by atoms with E-state index in [9.17, 15) is 9.90 Å². The molecule has 1 unspecified atom stereocenters. The van der Waals surface area contributed by atoms with E-state index in [0.29, 0.717) is 19.1 Å². The Morgan fingerprint density at radius 3 is 2.67 bits per heavy atom. The minimum Gasteiger partial charge on any atom is -0.492 e. The third-order valence-corrected chi connectivity index (χ3v) is 4.09. The molecule has 0 saturated carbocycles. The SMILES string of the molecule is CC(C)c1ccc(OCCN2CCCCC2C(=O)O)cc1. The molecule has 1 aliphatic rings. The summed E-state index contributed by atoms with van der Waals surface area (Å²) in [5.74, 6) is 0.656. The first-order chi connectivity index (χ1) is 10.1. The second-order valence-electron chi connectivity index (χ2n) is 5.96. The fourth-order valence-electron chi connectivity index (χ4n) is 2.77. The Morgan fingerprint density at radius 2 is 2.05 bits per heavy atom. The van der Waals surface area contributed by atoms with Gasteiger partial charge in [-0.05, 0) is 43.0 Å². The predicted octanol–water partition coefficient (Wildman–Crippen LogP) is 3.13. The molecule has 1 atom stereocenters. The van der Waals surface area contributed by atoms with E-state index in [2.05, 4.69) is 26.0 Å². The molecule has 1 aromatic carbocycles. The highest BCUT2D eigenvalue weighted by molar-refractivity contribution is 5.73. The van der Waals surface area contributed by atoms with Crippen LogP contribution in [-0.2, 0) is 4.79 Å². The Balaban J connectivity index is 1.81. The first kappa shape index (κ1) is 15.8. The average molecular weight is 291 g/mol. The summed E-state index contributed by atoms with van der Waals surface area (Å²) in [5.41, 5.74) is 1.30. The zero-order valence-corrected chi connectivity index (χ0v) is 12.9. The van der Waals surface area contributed by atoms with Gasteiger partial charge in [0.25, 0.3) is 0 Å². The van der Waals surface area contributed by atoms with Crippen molar-refractivity contribution in [3.05, 3.63) is 29.8 Å². The van der Waals surface area contributed by atoms with E-state index < -0.39 is 5.97 Å². The van der Waals surface area contributed by atoms with Gasteiger partial charge in [-0.1, -0.05) is 32.4 Å². The molecular weight excluding hydrogens is 266 g/mol. The minimum atomic E-state index is -0.712. The normalized spacial score (nSPS) is 19.7. The highest BCUT2D eigenvalue weighted by Gasteiger charge is 2.27. The zero-order chi connectivity index (χ0) is 15.2. The first-order valence-corrected chi connectivity index (χ1v) is 7.77. The molecule has 4 nitrogen and oxygen atoms in total. The largest absolute Gasteiger partial charge is 0.492 e. The molecule has 1 fully saturated rings. The maximum Gasteiger partial charge on any atom is 0.320 e. The van der Waals surface area contributed by atoms with Gasteiger partial charge in [-0.15, -0.1) is 0 Å². The van der Waals surface area contributed by atoms with Gasteiger partial charge in [0.05, 0.1) is 0 Å². The lowest BCUT2D eigenvalue weighted by molar-refractivity contribution is -0.144. The van der Waals surface area contributed by atoms with E-state index in [1.807, 2.05) is 17.0 Å².